The lowest BCUT2D eigenvalue weighted by Gasteiger charge is -2.46. The maximum atomic E-state index is 10.6. The van der Waals surface area contributed by atoms with Crippen LogP contribution in [0.2, 0.25) is 0 Å². The Kier molecular flexibility index (Phi) is 4.30. The van der Waals surface area contributed by atoms with Crippen LogP contribution in [-0.2, 0) is 0 Å². The molecule has 1 aromatic heterocycles. The molecule has 134 valence electrons. The number of piperazine rings is 1. The predicted molar refractivity (Wildman–Crippen MR) is 92.2 cm³/mol. The predicted octanol–water partition coefficient (Wildman–Crippen LogP) is 1.37. The molecule has 0 amide bonds. The Morgan fingerprint density at radius 3 is 3.00 bits per heavy atom. The Morgan fingerprint density at radius 1 is 1.32 bits per heavy atom. The van der Waals surface area contributed by atoms with Gasteiger partial charge in [0.15, 0.2) is 11.4 Å². The van der Waals surface area contributed by atoms with Crippen LogP contribution in [0.5, 0.6) is 0 Å². The van der Waals surface area contributed by atoms with Gasteiger partial charge in [0.1, 0.15) is 6.10 Å². The molecular weight excluding hydrogens is 324 g/mol. The van der Waals surface area contributed by atoms with Gasteiger partial charge in [-0.25, -0.2) is 0 Å². The zero-order valence-electron chi connectivity index (χ0n) is 14.0. The van der Waals surface area contributed by atoms with Crippen LogP contribution in [0.1, 0.15) is 12.8 Å². The number of anilines is 1. The standard InChI is InChI=1S/C17H22N4O4/c22-15(11-21(23)24)12-5-6-13-10-20(8-7-19(13)9-12)17-14-3-1-2-4-16(14)25-18-17/h1-4,12-13,15,22H,5-11H2/t12-,13+,15?/m1/s1. The van der Waals surface area contributed by atoms with E-state index in [0.717, 1.165) is 55.8 Å². The molecule has 2 fully saturated rings. The zero-order valence-corrected chi connectivity index (χ0v) is 14.0. The van der Waals surface area contributed by atoms with Crippen LogP contribution in [0, 0.1) is 16.0 Å². The van der Waals surface area contributed by atoms with Gasteiger partial charge in [-0.2, -0.15) is 0 Å². The molecule has 1 N–H and O–H groups in total. The first-order chi connectivity index (χ1) is 12.1. The molecule has 4 rings (SSSR count). The number of rotatable bonds is 4. The summed E-state index contributed by atoms with van der Waals surface area (Å²) in [5.74, 6) is 0.881. The first-order valence-electron chi connectivity index (χ1n) is 8.75. The van der Waals surface area contributed by atoms with Crippen molar-refractivity contribution in [1.82, 2.24) is 10.1 Å². The third kappa shape index (κ3) is 3.19. The van der Waals surface area contributed by atoms with Crippen LogP contribution in [0.15, 0.2) is 28.8 Å². The Labute approximate surface area is 145 Å². The summed E-state index contributed by atoms with van der Waals surface area (Å²) >= 11 is 0. The molecule has 0 spiro atoms. The summed E-state index contributed by atoms with van der Waals surface area (Å²) in [6, 6.07) is 8.26. The minimum atomic E-state index is -0.853. The van der Waals surface area contributed by atoms with Gasteiger partial charge in [0, 0.05) is 43.1 Å². The van der Waals surface area contributed by atoms with E-state index in [2.05, 4.69) is 15.0 Å². The van der Waals surface area contributed by atoms with E-state index in [0.29, 0.717) is 6.04 Å². The molecule has 0 aliphatic carbocycles. The topological polar surface area (TPSA) is 95.9 Å². The third-order valence-corrected chi connectivity index (χ3v) is 5.48. The van der Waals surface area contributed by atoms with Gasteiger partial charge in [-0.05, 0) is 25.0 Å². The minimum Gasteiger partial charge on any atom is -0.386 e. The number of fused-ring (bicyclic) bond motifs is 2. The molecule has 2 aliphatic heterocycles. The van der Waals surface area contributed by atoms with Crippen LogP contribution in [0.3, 0.4) is 0 Å². The fourth-order valence-corrected chi connectivity index (χ4v) is 4.11. The SMILES string of the molecule is O=[N+]([O-])CC(O)[C@@H]1CC[C@H]2CN(c3noc4ccccc34)CCN2C1. The number of nitrogens with zero attached hydrogens (tertiary/aromatic N) is 4. The average molecular weight is 346 g/mol. The van der Waals surface area contributed by atoms with Gasteiger partial charge in [0.2, 0.25) is 6.54 Å². The molecule has 0 bridgehead atoms. The number of aliphatic hydroxyl groups is 1. The van der Waals surface area contributed by atoms with Crippen LogP contribution in [-0.4, -0.2) is 65.0 Å². The number of nitro groups is 1. The van der Waals surface area contributed by atoms with E-state index < -0.39 is 11.0 Å². The molecule has 0 saturated carbocycles. The summed E-state index contributed by atoms with van der Waals surface area (Å²) in [6.07, 6.45) is 0.906. The summed E-state index contributed by atoms with van der Waals surface area (Å²) in [5.41, 5.74) is 0.798. The number of benzene rings is 1. The Hall–Kier alpha value is -2.19. The van der Waals surface area contributed by atoms with Crippen molar-refractivity contribution < 1.29 is 14.6 Å². The molecule has 25 heavy (non-hydrogen) atoms. The second kappa shape index (κ2) is 6.61. The van der Waals surface area contributed by atoms with Crippen molar-refractivity contribution in [2.75, 3.05) is 37.6 Å². The maximum Gasteiger partial charge on any atom is 0.229 e. The lowest BCUT2D eigenvalue weighted by molar-refractivity contribution is -0.492. The van der Waals surface area contributed by atoms with Crippen LogP contribution in [0.4, 0.5) is 5.82 Å². The number of para-hydroxylation sites is 1. The van der Waals surface area contributed by atoms with Crippen molar-refractivity contribution in [1.29, 1.82) is 0 Å². The molecule has 1 aromatic carbocycles. The van der Waals surface area contributed by atoms with Gasteiger partial charge in [0.25, 0.3) is 0 Å². The highest BCUT2D eigenvalue weighted by atomic mass is 16.6. The highest BCUT2D eigenvalue weighted by molar-refractivity contribution is 5.88. The number of aliphatic hydroxyl groups excluding tert-OH is 1. The molecule has 1 unspecified atom stereocenters. The van der Waals surface area contributed by atoms with Crippen LogP contribution >= 0.6 is 0 Å². The molecule has 2 saturated heterocycles. The number of hydrogen-bond donors (Lipinski definition) is 1. The summed E-state index contributed by atoms with van der Waals surface area (Å²) < 4.78 is 5.42. The van der Waals surface area contributed by atoms with Crippen molar-refractivity contribution in [3.63, 3.8) is 0 Å². The summed E-state index contributed by atoms with van der Waals surface area (Å²) in [5, 5.41) is 26.0. The Bertz CT molecular complexity index is 764. The van der Waals surface area contributed by atoms with Gasteiger partial charge < -0.3 is 14.5 Å². The van der Waals surface area contributed by atoms with Crippen molar-refractivity contribution >= 4 is 16.8 Å². The lowest BCUT2D eigenvalue weighted by Crippen LogP contribution is -2.58. The third-order valence-electron chi connectivity index (χ3n) is 5.48. The van der Waals surface area contributed by atoms with E-state index in [4.69, 9.17) is 4.52 Å². The average Bonchev–Trinajstić information content (AvgIpc) is 3.04. The fourth-order valence-electron chi connectivity index (χ4n) is 4.11. The first-order valence-corrected chi connectivity index (χ1v) is 8.75. The molecule has 3 atom stereocenters. The largest absolute Gasteiger partial charge is 0.386 e. The highest BCUT2D eigenvalue weighted by Crippen LogP contribution is 2.31. The molecule has 0 radical (unpaired) electrons. The first kappa shape index (κ1) is 16.3. The number of aromatic nitrogens is 1. The fraction of sp³-hybridized carbons (Fsp3) is 0.588. The Balaban J connectivity index is 1.43. The molecule has 3 heterocycles. The van der Waals surface area contributed by atoms with E-state index >= 15 is 0 Å². The van der Waals surface area contributed by atoms with E-state index in [1.165, 1.54) is 0 Å². The van der Waals surface area contributed by atoms with E-state index in [-0.39, 0.29) is 12.5 Å². The van der Waals surface area contributed by atoms with E-state index in [9.17, 15) is 15.2 Å². The van der Waals surface area contributed by atoms with Crippen LogP contribution < -0.4 is 4.90 Å². The highest BCUT2D eigenvalue weighted by Gasteiger charge is 2.37. The molecule has 8 nitrogen and oxygen atoms in total. The minimum absolute atomic E-state index is 0.0129. The molecule has 8 heteroatoms. The second-order valence-electron chi connectivity index (χ2n) is 7.02. The van der Waals surface area contributed by atoms with Gasteiger partial charge in [-0.15, -0.1) is 0 Å². The van der Waals surface area contributed by atoms with Gasteiger partial charge in [-0.3, -0.25) is 15.0 Å². The van der Waals surface area contributed by atoms with E-state index in [1.54, 1.807) is 0 Å². The van der Waals surface area contributed by atoms with Crippen molar-refractivity contribution in [2.24, 2.45) is 5.92 Å². The summed E-state index contributed by atoms with van der Waals surface area (Å²) in [7, 11) is 0. The van der Waals surface area contributed by atoms with Crippen LogP contribution in [0.25, 0.3) is 11.0 Å². The van der Waals surface area contributed by atoms with Crippen molar-refractivity contribution in [2.45, 2.75) is 25.0 Å². The van der Waals surface area contributed by atoms with Gasteiger partial charge in [-0.1, -0.05) is 17.3 Å². The summed E-state index contributed by atoms with van der Waals surface area (Å²) in [6.45, 7) is 2.94. The second-order valence-corrected chi connectivity index (χ2v) is 7.02. The summed E-state index contributed by atoms with van der Waals surface area (Å²) in [4.78, 5) is 14.8. The monoisotopic (exact) mass is 346 g/mol. The van der Waals surface area contributed by atoms with Crippen molar-refractivity contribution in [3.05, 3.63) is 34.4 Å². The number of piperidine rings is 1. The van der Waals surface area contributed by atoms with Crippen molar-refractivity contribution in [3.8, 4) is 0 Å². The maximum absolute atomic E-state index is 10.6. The zero-order chi connectivity index (χ0) is 17.4. The Morgan fingerprint density at radius 2 is 2.16 bits per heavy atom. The smallest absolute Gasteiger partial charge is 0.229 e. The molecular formula is C17H22N4O4. The lowest BCUT2D eigenvalue weighted by atomic mass is 9.87. The number of hydrogen-bond acceptors (Lipinski definition) is 7. The normalized spacial score (nSPS) is 25.7. The van der Waals surface area contributed by atoms with E-state index in [1.807, 2.05) is 24.3 Å². The molecule has 2 aliphatic rings. The molecule has 2 aromatic rings. The van der Waals surface area contributed by atoms with Gasteiger partial charge >= 0.3 is 0 Å². The van der Waals surface area contributed by atoms with Gasteiger partial charge in [0.05, 0.1) is 5.39 Å². The quantitative estimate of drug-likeness (QED) is 0.660.